The fraction of sp³-hybridized carbons (Fsp3) is 0.417. The highest BCUT2D eigenvalue weighted by Crippen LogP contribution is 2.31. The number of nitrogens with zero attached hydrogens (tertiary/aromatic N) is 2. The smallest absolute Gasteiger partial charge is 0.303 e. The summed E-state index contributed by atoms with van der Waals surface area (Å²) in [6.45, 7) is 2.60. The molecular weight excluding hydrogens is 394 g/mol. The van der Waals surface area contributed by atoms with Crippen LogP contribution in [0, 0.1) is 11.8 Å². The molecule has 1 aliphatic heterocycles. The molecule has 2 unspecified atom stereocenters. The Labute approximate surface area is 182 Å². The minimum atomic E-state index is -0.729. The summed E-state index contributed by atoms with van der Waals surface area (Å²) in [6.07, 6.45) is 1.81. The molecule has 0 spiro atoms. The van der Waals surface area contributed by atoms with Crippen LogP contribution in [-0.4, -0.2) is 53.3 Å². The number of nitrogens with one attached hydrogen (secondary N) is 1. The molecule has 0 bridgehead atoms. The molecule has 2 heterocycles. The number of hydrogen-bond acceptors (Lipinski definition) is 5. The Hall–Kier alpha value is -3.06. The molecule has 0 amide bonds. The van der Waals surface area contributed by atoms with Gasteiger partial charge in [0.15, 0.2) is 0 Å². The maximum atomic E-state index is 11.4. The van der Waals surface area contributed by atoms with Gasteiger partial charge < -0.3 is 19.6 Å². The summed E-state index contributed by atoms with van der Waals surface area (Å²) in [5, 5.41) is 9.41. The third-order valence-corrected chi connectivity index (χ3v) is 6.17. The number of carboxylic acids is 1. The molecule has 0 aliphatic carbocycles. The van der Waals surface area contributed by atoms with E-state index in [1.165, 1.54) is 5.56 Å². The first-order chi connectivity index (χ1) is 15.0. The Morgan fingerprint density at radius 3 is 2.58 bits per heavy atom. The third-order valence-electron chi connectivity index (χ3n) is 6.17. The second-order valence-electron chi connectivity index (χ2n) is 8.26. The largest absolute Gasteiger partial charge is 0.497 e. The lowest BCUT2D eigenvalue weighted by Crippen LogP contribution is -2.41. The van der Waals surface area contributed by atoms with Gasteiger partial charge in [-0.15, -0.1) is 0 Å². The number of aliphatic carboxylic acids is 1. The molecule has 2 N–H and O–H groups in total. The van der Waals surface area contributed by atoms with Gasteiger partial charge in [0.25, 0.3) is 0 Å². The van der Waals surface area contributed by atoms with Crippen LogP contribution in [0.25, 0.3) is 11.0 Å². The molecule has 4 rings (SSSR count). The Balaban J connectivity index is 1.49. The van der Waals surface area contributed by atoms with Gasteiger partial charge in [-0.2, -0.15) is 0 Å². The molecule has 164 valence electrons. The number of methoxy groups -OCH3 is 2. The van der Waals surface area contributed by atoms with E-state index < -0.39 is 5.97 Å². The Morgan fingerprint density at radius 2 is 1.87 bits per heavy atom. The number of fused-ring (bicyclic) bond motifs is 1. The maximum Gasteiger partial charge on any atom is 0.303 e. The zero-order valence-corrected chi connectivity index (χ0v) is 18.0. The highest BCUT2D eigenvalue weighted by atomic mass is 16.5. The minimum Gasteiger partial charge on any atom is -0.497 e. The second kappa shape index (κ2) is 9.39. The zero-order valence-electron chi connectivity index (χ0n) is 18.0. The average Bonchev–Trinajstić information content (AvgIpc) is 3.17. The number of piperidine rings is 1. The number of benzene rings is 2. The Kier molecular flexibility index (Phi) is 6.42. The summed E-state index contributed by atoms with van der Waals surface area (Å²) in [5.74, 6) is 2.18. The number of aromatic amines is 1. The third kappa shape index (κ3) is 5.17. The lowest BCUT2D eigenvalue weighted by atomic mass is 9.81. The standard InChI is InChI=1S/C24H29N3O4/c1-30-19-5-3-16(4-6-19)14-27-10-9-17(12-24(28)29)18(15-27)11-23-25-21-8-7-20(31-2)13-22(21)26-23/h3-8,13,17-18H,9-12,14-15H2,1-2H3,(H,25,26)(H,28,29). The van der Waals surface area contributed by atoms with Crippen molar-refractivity contribution in [3.05, 3.63) is 53.9 Å². The Bertz CT molecular complexity index is 1030. The lowest BCUT2D eigenvalue weighted by Gasteiger charge is -2.38. The molecule has 1 aliphatic rings. The summed E-state index contributed by atoms with van der Waals surface area (Å²) in [4.78, 5) is 22.0. The van der Waals surface area contributed by atoms with Crippen LogP contribution in [0.4, 0.5) is 0 Å². The van der Waals surface area contributed by atoms with E-state index in [1.807, 2.05) is 30.3 Å². The van der Waals surface area contributed by atoms with E-state index in [9.17, 15) is 9.90 Å². The van der Waals surface area contributed by atoms with E-state index in [0.29, 0.717) is 0 Å². The summed E-state index contributed by atoms with van der Waals surface area (Å²) in [5.41, 5.74) is 3.07. The van der Waals surface area contributed by atoms with Crippen molar-refractivity contribution in [3.63, 3.8) is 0 Å². The summed E-state index contributed by atoms with van der Waals surface area (Å²) in [6, 6.07) is 13.9. The molecule has 1 fully saturated rings. The predicted molar refractivity (Wildman–Crippen MR) is 118 cm³/mol. The number of H-pyrrole nitrogens is 1. The number of carbonyl (C=O) groups is 1. The zero-order chi connectivity index (χ0) is 21.8. The molecule has 0 radical (unpaired) electrons. The second-order valence-corrected chi connectivity index (χ2v) is 8.26. The molecule has 7 heteroatoms. The van der Waals surface area contributed by atoms with Gasteiger partial charge in [0, 0.05) is 32.0 Å². The molecule has 1 saturated heterocycles. The van der Waals surface area contributed by atoms with Gasteiger partial charge in [0.05, 0.1) is 25.3 Å². The van der Waals surface area contributed by atoms with Crippen molar-refractivity contribution >= 4 is 17.0 Å². The van der Waals surface area contributed by atoms with Crippen LogP contribution < -0.4 is 9.47 Å². The van der Waals surface area contributed by atoms with Crippen molar-refractivity contribution in [1.29, 1.82) is 0 Å². The van der Waals surface area contributed by atoms with Crippen molar-refractivity contribution in [2.24, 2.45) is 11.8 Å². The predicted octanol–water partition coefficient (Wildman–Crippen LogP) is 3.74. The van der Waals surface area contributed by atoms with Gasteiger partial charge in [-0.05, 0) is 54.6 Å². The minimum absolute atomic E-state index is 0.146. The van der Waals surface area contributed by atoms with Gasteiger partial charge >= 0.3 is 5.97 Å². The van der Waals surface area contributed by atoms with Crippen molar-refractivity contribution in [2.75, 3.05) is 27.3 Å². The topological polar surface area (TPSA) is 87.7 Å². The first-order valence-corrected chi connectivity index (χ1v) is 10.6. The number of ether oxygens (including phenoxy) is 2. The van der Waals surface area contributed by atoms with Crippen LogP contribution in [0.5, 0.6) is 11.5 Å². The SMILES string of the molecule is COc1ccc(CN2CCC(CC(=O)O)C(Cc3nc4ccc(OC)cc4[nH]3)C2)cc1. The molecule has 31 heavy (non-hydrogen) atoms. The van der Waals surface area contributed by atoms with E-state index in [2.05, 4.69) is 22.0 Å². The molecule has 1 aromatic heterocycles. The number of rotatable bonds is 8. The van der Waals surface area contributed by atoms with E-state index >= 15 is 0 Å². The number of aromatic nitrogens is 2. The van der Waals surface area contributed by atoms with Gasteiger partial charge in [-0.3, -0.25) is 9.69 Å². The van der Waals surface area contributed by atoms with Crippen LogP contribution in [-0.2, 0) is 17.8 Å². The molecule has 2 aromatic carbocycles. The number of likely N-dealkylation sites (tertiary alicyclic amines) is 1. The molecule has 3 aromatic rings. The van der Waals surface area contributed by atoms with E-state index in [1.54, 1.807) is 14.2 Å². The first kappa shape index (κ1) is 21.2. The summed E-state index contributed by atoms with van der Waals surface area (Å²) in [7, 11) is 3.31. The fourth-order valence-corrected chi connectivity index (χ4v) is 4.53. The summed E-state index contributed by atoms with van der Waals surface area (Å²) >= 11 is 0. The first-order valence-electron chi connectivity index (χ1n) is 10.6. The number of carboxylic acid groups (broad SMARTS) is 1. The van der Waals surface area contributed by atoms with E-state index in [-0.39, 0.29) is 18.3 Å². The lowest BCUT2D eigenvalue weighted by molar-refractivity contribution is -0.139. The van der Waals surface area contributed by atoms with E-state index in [4.69, 9.17) is 14.5 Å². The van der Waals surface area contributed by atoms with Gasteiger partial charge in [-0.1, -0.05) is 12.1 Å². The van der Waals surface area contributed by atoms with Crippen molar-refractivity contribution in [1.82, 2.24) is 14.9 Å². The number of imidazole rings is 1. The van der Waals surface area contributed by atoms with Crippen LogP contribution >= 0.6 is 0 Å². The maximum absolute atomic E-state index is 11.4. The normalized spacial score (nSPS) is 19.4. The molecule has 0 saturated carbocycles. The van der Waals surface area contributed by atoms with Crippen LogP contribution in [0.15, 0.2) is 42.5 Å². The molecule has 7 nitrogen and oxygen atoms in total. The summed E-state index contributed by atoms with van der Waals surface area (Å²) < 4.78 is 10.5. The van der Waals surface area contributed by atoms with Crippen LogP contribution in [0.1, 0.15) is 24.2 Å². The number of hydrogen-bond donors (Lipinski definition) is 2. The Morgan fingerprint density at radius 1 is 1.13 bits per heavy atom. The van der Waals surface area contributed by atoms with Crippen LogP contribution in [0.2, 0.25) is 0 Å². The van der Waals surface area contributed by atoms with Crippen molar-refractivity contribution < 1.29 is 19.4 Å². The molecule has 2 atom stereocenters. The van der Waals surface area contributed by atoms with Crippen molar-refractivity contribution in [2.45, 2.75) is 25.8 Å². The van der Waals surface area contributed by atoms with Gasteiger partial charge in [0.1, 0.15) is 17.3 Å². The highest BCUT2D eigenvalue weighted by Gasteiger charge is 2.31. The van der Waals surface area contributed by atoms with Gasteiger partial charge in [0.2, 0.25) is 0 Å². The van der Waals surface area contributed by atoms with Crippen LogP contribution in [0.3, 0.4) is 0 Å². The van der Waals surface area contributed by atoms with E-state index in [0.717, 1.165) is 60.8 Å². The van der Waals surface area contributed by atoms with Crippen molar-refractivity contribution in [3.8, 4) is 11.5 Å². The molecular formula is C24H29N3O4. The van der Waals surface area contributed by atoms with Gasteiger partial charge in [-0.25, -0.2) is 4.98 Å². The quantitative estimate of drug-likeness (QED) is 0.574. The monoisotopic (exact) mass is 423 g/mol. The fourth-order valence-electron chi connectivity index (χ4n) is 4.53. The average molecular weight is 424 g/mol. The highest BCUT2D eigenvalue weighted by molar-refractivity contribution is 5.76.